The number of amides is 1. The third kappa shape index (κ3) is 6.94. The number of aliphatic hydroxyl groups excluding tert-OH is 1. The summed E-state index contributed by atoms with van der Waals surface area (Å²) in [6.07, 6.45) is 0.191. The van der Waals surface area contributed by atoms with Gasteiger partial charge in [0, 0.05) is 38.3 Å². The van der Waals surface area contributed by atoms with Crippen LogP contribution in [0.5, 0.6) is 0 Å². The summed E-state index contributed by atoms with van der Waals surface area (Å²) in [5.41, 5.74) is -0.523. The first-order chi connectivity index (χ1) is 10.1. The predicted molar refractivity (Wildman–Crippen MR) is 88.0 cm³/mol. The molecule has 3 unspecified atom stereocenters. The van der Waals surface area contributed by atoms with Crippen molar-refractivity contribution in [3.05, 3.63) is 0 Å². The number of rotatable bonds is 6. The van der Waals surface area contributed by atoms with E-state index in [0.717, 1.165) is 13.0 Å². The minimum Gasteiger partial charge on any atom is -0.444 e. The number of carbonyl (C=O) groups excluding carboxylic acids is 1. The summed E-state index contributed by atoms with van der Waals surface area (Å²) in [7, 11) is 2.13. The normalized spacial score (nSPS) is 24.3. The number of ether oxygens (including phenoxy) is 1. The summed E-state index contributed by atoms with van der Waals surface area (Å²) in [6, 6.07) is 1.06. The summed E-state index contributed by atoms with van der Waals surface area (Å²) < 4.78 is 5.40. The van der Waals surface area contributed by atoms with E-state index in [1.807, 2.05) is 20.8 Å². The van der Waals surface area contributed by atoms with E-state index >= 15 is 0 Å². The first-order valence-electron chi connectivity index (χ1n) is 8.18. The van der Waals surface area contributed by atoms with Crippen LogP contribution in [0.15, 0.2) is 0 Å². The van der Waals surface area contributed by atoms with Crippen LogP contribution >= 0.6 is 0 Å². The van der Waals surface area contributed by atoms with Gasteiger partial charge >= 0.3 is 6.09 Å². The molecule has 0 bridgehead atoms. The monoisotopic (exact) mass is 315 g/mol. The quantitative estimate of drug-likeness (QED) is 0.773. The van der Waals surface area contributed by atoms with Crippen LogP contribution in [0, 0.1) is 0 Å². The zero-order valence-electron chi connectivity index (χ0n) is 14.9. The van der Waals surface area contributed by atoms with Gasteiger partial charge in [-0.1, -0.05) is 0 Å². The van der Waals surface area contributed by atoms with E-state index in [1.54, 1.807) is 11.8 Å². The smallest absolute Gasteiger partial charge is 0.410 e. The number of nitrogens with one attached hydrogen (secondary N) is 1. The number of likely N-dealkylation sites (tertiary alicyclic amines) is 1. The van der Waals surface area contributed by atoms with Gasteiger partial charge in [-0.15, -0.1) is 0 Å². The minimum atomic E-state index is -0.565. The van der Waals surface area contributed by atoms with Gasteiger partial charge in [-0.05, 0) is 48.1 Å². The third-order valence-corrected chi connectivity index (χ3v) is 3.84. The van der Waals surface area contributed by atoms with Gasteiger partial charge in [0.2, 0.25) is 0 Å². The van der Waals surface area contributed by atoms with Gasteiger partial charge in [0.05, 0.1) is 6.10 Å². The zero-order valence-corrected chi connectivity index (χ0v) is 14.9. The number of hydrogen-bond donors (Lipinski definition) is 2. The van der Waals surface area contributed by atoms with Crippen LogP contribution in [0.4, 0.5) is 4.79 Å². The van der Waals surface area contributed by atoms with Crippen molar-refractivity contribution in [2.24, 2.45) is 0 Å². The highest BCUT2D eigenvalue weighted by molar-refractivity contribution is 5.68. The molecule has 1 fully saturated rings. The summed E-state index contributed by atoms with van der Waals surface area (Å²) >= 11 is 0. The van der Waals surface area contributed by atoms with Crippen molar-refractivity contribution in [3.63, 3.8) is 0 Å². The van der Waals surface area contributed by atoms with Crippen LogP contribution in [0.1, 0.15) is 41.0 Å². The van der Waals surface area contributed by atoms with Crippen LogP contribution in [0.25, 0.3) is 0 Å². The van der Waals surface area contributed by atoms with Crippen LogP contribution < -0.4 is 5.32 Å². The fraction of sp³-hybridized carbons (Fsp3) is 0.938. The van der Waals surface area contributed by atoms with Crippen LogP contribution in [0.3, 0.4) is 0 Å². The summed E-state index contributed by atoms with van der Waals surface area (Å²) in [5.74, 6) is 0. The molecule has 130 valence electrons. The molecule has 0 aromatic rings. The summed E-state index contributed by atoms with van der Waals surface area (Å²) in [5, 5.41) is 13.1. The molecule has 3 atom stereocenters. The molecular formula is C16H33N3O3. The molecule has 22 heavy (non-hydrogen) atoms. The van der Waals surface area contributed by atoms with Gasteiger partial charge in [0.1, 0.15) is 5.60 Å². The molecule has 6 heteroatoms. The fourth-order valence-electron chi connectivity index (χ4n) is 2.65. The van der Waals surface area contributed by atoms with E-state index in [1.165, 1.54) is 0 Å². The zero-order chi connectivity index (χ0) is 16.9. The van der Waals surface area contributed by atoms with Gasteiger partial charge in [-0.2, -0.15) is 0 Å². The molecule has 0 radical (unpaired) electrons. The lowest BCUT2D eigenvalue weighted by molar-refractivity contribution is 0.0163. The molecule has 6 nitrogen and oxygen atoms in total. The average molecular weight is 315 g/mol. The predicted octanol–water partition coefficient (Wildman–Crippen LogP) is 1.29. The lowest BCUT2D eigenvalue weighted by Crippen LogP contribution is -2.45. The lowest BCUT2D eigenvalue weighted by Gasteiger charge is -2.28. The molecule has 1 saturated heterocycles. The molecule has 2 N–H and O–H groups in total. The number of aliphatic hydroxyl groups is 1. The molecule has 0 aliphatic carbocycles. The second-order valence-corrected chi connectivity index (χ2v) is 7.45. The molecule has 0 aromatic carbocycles. The second-order valence-electron chi connectivity index (χ2n) is 7.45. The van der Waals surface area contributed by atoms with Crippen molar-refractivity contribution in [1.29, 1.82) is 0 Å². The summed E-state index contributed by atoms with van der Waals surface area (Å²) in [4.78, 5) is 16.1. The molecule has 0 aromatic heterocycles. The van der Waals surface area contributed by atoms with E-state index in [4.69, 9.17) is 4.74 Å². The van der Waals surface area contributed by atoms with Crippen molar-refractivity contribution >= 4 is 6.09 Å². The molecule has 1 amide bonds. The van der Waals surface area contributed by atoms with Crippen molar-refractivity contribution in [1.82, 2.24) is 15.1 Å². The number of carbonyl (C=O) groups is 1. The molecule has 1 rings (SSSR count). The Morgan fingerprint density at radius 3 is 2.59 bits per heavy atom. The Balaban J connectivity index is 2.43. The van der Waals surface area contributed by atoms with E-state index < -0.39 is 11.7 Å². The Kier molecular flexibility index (Phi) is 7.09. The Bertz CT molecular complexity index is 345. The second kappa shape index (κ2) is 8.13. The fourth-order valence-corrected chi connectivity index (χ4v) is 2.65. The Labute approximate surface area is 134 Å². The van der Waals surface area contributed by atoms with Crippen LogP contribution in [0.2, 0.25) is 0 Å². The SMILES string of the molecule is CC(O)CN(CCNC1CC(C)N(C)C1)C(=O)OC(C)(C)C. The number of likely N-dealkylation sites (N-methyl/N-ethyl adjacent to an activating group) is 1. The van der Waals surface area contributed by atoms with Gasteiger partial charge in [0.15, 0.2) is 0 Å². The van der Waals surface area contributed by atoms with Crippen molar-refractivity contribution in [3.8, 4) is 0 Å². The van der Waals surface area contributed by atoms with E-state index in [2.05, 4.69) is 24.2 Å². The van der Waals surface area contributed by atoms with Crippen LogP contribution in [-0.4, -0.2) is 78.0 Å². The third-order valence-electron chi connectivity index (χ3n) is 3.84. The largest absolute Gasteiger partial charge is 0.444 e. The molecule has 1 heterocycles. The highest BCUT2D eigenvalue weighted by Gasteiger charge is 2.26. The van der Waals surface area contributed by atoms with Gasteiger partial charge < -0.3 is 25.0 Å². The number of nitrogens with zero attached hydrogens (tertiary/aromatic N) is 2. The highest BCUT2D eigenvalue weighted by Crippen LogP contribution is 2.14. The van der Waals surface area contributed by atoms with Crippen molar-refractivity contribution in [2.45, 2.75) is 64.8 Å². The summed E-state index contributed by atoms with van der Waals surface area (Å²) in [6.45, 7) is 12.0. The van der Waals surface area contributed by atoms with Crippen molar-refractivity contribution in [2.75, 3.05) is 33.2 Å². The number of hydrogen-bond acceptors (Lipinski definition) is 5. The maximum Gasteiger partial charge on any atom is 0.410 e. The highest BCUT2D eigenvalue weighted by atomic mass is 16.6. The average Bonchev–Trinajstić information content (AvgIpc) is 2.64. The van der Waals surface area contributed by atoms with E-state index in [9.17, 15) is 9.90 Å². The molecule has 0 saturated carbocycles. The Morgan fingerprint density at radius 1 is 1.50 bits per heavy atom. The molecule has 1 aliphatic heterocycles. The van der Waals surface area contributed by atoms with Gasteiger partial charge in [0.25, 0.3) is 0 Å². The maximum absolute atomic E-state index is 12.2. The Hall–Kier alpha value is -0.850. The maximum atomic E-state index is 12.2. The standard InChI is InChI=1S/C16H33N3O3/c1-12-9-14(11-18(12)6)17-7-8-19(10-13(2)20)15(21)22-16(3,4)5/h12-14,17,20H,7-11H2,1-6H3. The molecule has 1 aliphatic rings. The van der Waals surface area contributed by atoms with Gasteiger partial charge in [-0.3, -0.25) is 0 Å². The lowest BCUT2D eigenvalue weighted by atomic mass is 10.2. The van der Waals surface area contributed by atoms with E-state index in [-0.39, 0.29) is 12.6 Å². The Morgan fingerprint density at radius 2 is 2.14 bits per heavy atom. The first kappa shape index (κ1) is 19.2. The van der Waals surface area contributed by atoms with E-state index in [0.29, 0.717) is 25.2 Å². The molecular weight excluding hydrogens is 282 g/mol. The van der Waals surface area contributed by atoms with Gasteiger partial charge in [-0.25, -0.2) is 4.79 Å². The van der Waals surface area contributed by atoms with Crippen molar-refractivity contribution < 1.29 is 14.6 Å². The van der Waals surface area contributed by atoms with Crippen LogP contribution in [-0.2, 0) is 4.74 Å². The first-order valence-corrected chi connectivity index (χ1v) is 8.18. The minimum absolute atomic E-state index is 0.289. The molecule has 0 spiro atoms. The topological polar surface area (TPSA) is 65.0 Å².